The fourth-order valence-corrected chi connectivity index (χ4v) is 4.95. The maximum atomic E-state index is 13.2. The maximum absolute atomic E-state index is 13.2. The van der Waals surface area contributed by atoms with Crippen LogP contribution in [0.25, 0.3) is 11.3 Å². The summed E-state index contributed by atoms with van der Waals surface area (Å²) < 4.78 is 46.9. The molecule has 2 bridgehead atoms. The Morgan fingerprint density at radius 3 is 2.66 bits per heavy atom. The smallest absolute Gasteiger partial charge is 0.417 e. The first kappa shape index (κ1) is 20.9. The molecule has 2 unspecified atom stereocenters. The standard InChI is InChI=1S/C23H18ClF3N2O3/c24-17-5-4-14(9-16(17)23(25,26)27)19-6-7-20(32-19)22(31)28-10-13-8-15(12-28)18-2-1-3-21(30)29(18)11-13/h1-7,9,13,15H,8,10-12H2. The number of hydrogen-bond donors (Lipinski definition) is 0. The first-order valence-electron chi connectivity index (χ1n) is 10.2. The maximum Gasteiger partial charge on any atom is 0.417 e. The van der Waals surface area contributed by atoms with Gasteiger partial charge in [0.05, 0.1) is 10.6 Å². The number of carbonyl (C=O) groups is 1. The van der Waals surface area contributed by atoms with Gasteiger partial charge in [0.1, 0.15) is 5.76 Å². The number of pyridine rings is 1. The van der Waals surface area contributed by atoms with E-state index in [1.54, 1.807) is 21.6 Å². The van der Waals surface area contributed by atoms with Crippen LogP contribution in [-0.2, 0) is 12.7 Å². The van der Waals surface area contributed by atoms with Gasteiger partial charge in [-0.15, -0.1) is 0 Å². The summed E-state index contributed by atoms with van der Waals surface area (Å²) in [6.07, 6.45) is -3.69. The predicted molar refractivity (Wildman–Crippen MR) is 112 cm³/mol. The Morgan fingerprint density at radius 1 is 1.06 bits per heavy atom. The van der Waals surface area contributed by atoms with Crippen molar-refractivity contribution in [3.05, 3.63) is 80.9 Å². The monoisotopic (exact) mass is 462 g/mol. The molecule has 5 rings (SSSR count). The summed E-state index contributed by atoms with van der Waals surface area (Å²) in [5.74, 6) is 0.118. The molecule has 1 aromatic carbocycles. The van der Waals surface area contributed by atoms with Crippen LogP contribution in [0.3, 0.4) is 0 Å². The van der Waals surface area contributed by atoms with Crippen LogP contribution in [0.2, 0.25) is 5.02 Å². The number of aromatic nitrogens is 1. The van der Waals surface area contributed by atoms with Gasteiger partial charge in [-0.05, 0) is 48.7 Å². The lowest BCUT2D eigenvalue weighted by atomic mass is 9.83. The number of halogens is 4. The number of hydrogen-bond acceptors (Lipinski definition) is 3. The Labute approximate surface area is 186 Å². The van der Waals surface area contributed by atoms with Gasteiger partial charge in [-0.1, -0.05) is 17.7 Å². The van der Waals surface area contributed by atoms with Crippen LogP contribution in [0.4, 0.5) is 13.2 Å². The van der Waals surface area contributed by atoms with Crippen molar-refractivity contribution in [3.8, 4) is 11.3 Å². The van der Waals surface area contributed by atoms with E-state index >= 15 is 0 Å². The molecule has 1 saturated heterocycles. The number of rotatable bonds is 2. The zero-order valence-corrected chi connectivity index (χ0v) is 17.5. The average Bonchev–Trinajstić information content (AvgIpc) is 3.23. The van der Waals surface area contributed by atoms with Gasteiger partial charge in [0.15, 0.2) is 5.76 Å². The molecule has 5 nitrogen and oxygen atoms in total. The number of nitrogens with zero attached hydrogens (tertiary/aromatic N) is 2. The number of piperidine rings is 1. The highest BCUT2D eigenvalue weighted by atomic mass is 35.5. The van der Waals surface area contributed by atoms with Crippen molar-refractivity contribution in [2.45, 2.75) is 25.1 Å². The van der Waals surface area contributed by atoms with Crippen molar-refractivity contribution in [2.75, 3.05) is 13.1 Å². The molecule has 1 fully saturated rings. The second kappa shape index (κ2) is 7.55. The van der Waals surface area contributed by atoms with Crippen molar-refractivity contribution < 1.29 is 22.4 Å². The molecule has 0 radical (unpaired) electrons. The number of fused-ring (bicyclic) bond motifs is 4. The van der Waals surface area contributed by atoms with E-state index in [9.17, 15) is 22.8 Å². The van der Waals surface area contributed by atoms with Gasteiger partial charge in [0.2, 0.25) is 0 Å². The highest BCUT2D eigenvalue weighted by molar-refractivity contribution is 6.31. The summed E-state index contributed by atoms with van der Waals surface area (Å²) in [5, 5.41) is -0.400. The predicted octanol–water partition coefficient (Wildman–Crippen LogP) is 5.04. The first-order chi connectivity index (χ1) is 15.2. The van der Waals surface area contributed by atoms with E-state index in [4.69, 9.17) is 16.0 Å². The lowest BCUT2D eigenvalue weighted by Crippen LogP contribution is -2.49. The minimum absolute atomic E-state index is 0.0335. The number of amides is 1. The van der Waals surface area contributed by atoms with Crippen LogP contribution in [-0.4, -0.2) is 28.5 Å². The molecule has 2 aromatic heterocycles. The lowest BCUT2D eigenvalue weighted by molar-refractivity contribution is -0.137. The van der Waals surface area contributed by atoms with Gasteiger partial charge in [-0.2, -0.15) is 13.2 Å². The third-order valence-corrected chi connectivity index (χ3v) is 6.47. The molecule has 166 valence electrons. The van der Waals surface area contributed by atoms with E-state index in [0.717, 1.165) is 24.2 Å². The van der Waals surface area contributed by atoms with Crippen molar-refractivity contribution in [1.29, 1.82) is 0 Å². The Kier molecular flexibility index (Phi) is 4.93. The average molecular weight is 463 g/mol. The molecule has 2 aliphatic rings. The summed E-state index contributed by atoms with van der Waals surface area (Å²) in [7, 11) is 0. The van der Waals surface area contributed by atoms with Gasteiger partial charge in [0, 0.05) is 42.9 Å². The van der Waals surface area contributed by atoms with E-state index in [1.165, 1.54) is 18.2 Å². The van der Waals surface area contributed by atoms with E-state index in [2.05, 4.69) is 0 Å². The van der Waals surface area contributed by atoms with Crippen LogP contribution in [0.1, 0.15) is 34.2 Å². The molecule has 0 aliphatic carbocycles. The van der Waals surface area contributed by atoms with Crippen LogP contribution in [0.5, 0.6) is 0 Å². The van der Waals surface area contributed by atoms with Gasteiger partial charge in [-0.25, -0.2) is 0 Å². The first-order valence-corrected chi connectivity index (χ1v) is 10.5. The normalized spacial score (nSPS) is 20.2. The summed E-state index contributed by atoms with van der Waals surface area (Å²) >= 11 is 5.69. The molecule has 1 amide bonds. The Hall–Kier alpha value is -3.00. The third-order valence-electron chi connectivity index (χ3n) is 6.14. The van der Waals surface area contributed by atoms with Crippen molar-refractivity contribution in [3.63, 3.8) is 0 Å². The fourth-order valence-electron chi connectivity index (χ4n) is 4.72. The quantitative estimate of drug-likeness (QED) is 0.536. The number of furan rings is 1. The molecule has 9 heteroatoms. The number of alkyl halides is 3. The molecule has 4 heterocycles. The van der Waals surface area contributed by atoms with Gasteiger partial charge in [0.25, 0.3) is 11.5 Å². The Morgan fingerprint density at radius 2 is 1.88 bits per heavy atom. The third kappa shape index (κ3) is 3.62. The topological polar surface area (TPSA) is 55.5 Å². The highest BCUT2D eigenvalue weighted by Crippen LogP contribution is 2.38. The van der Waals surface area contributed by atoms with Crippen molar-refractivity contribution >= 4 is 17.5 Å². The van der Waals surface area contributed by atoms with Crippen molar-refractivity contribution in [2.24, 2.45) is 5.92 Å². The molecule has 0 N–H and O–H groups in total. The van der Waals surface area contributed by atoms with Crippen LogP contribution in [0, 0.1) is 5.92 Å². The van der Waals surface area contributed by atoms with E-state index < -0.39 is 16.8 Å². The molecule has 2 atom stereocenters. The molecule has 32 heavy (non-hydrogen) atoms. The lowest BCUT2D eigenvalue weighted by Gasteiger charge is -2.42. The van der Waals surface area contributed by atoms with Crippen LogP contribution in [0.15, 0.2) is 57.7 Å². The minimum atomic E-state index is -4.60. The minimum Gasteiger partial charge on any atom is -0.451 e. The highest BCUT2D eigenvalue weighted by Gasteiger charge is 2.37. The van der Waals surface area contributed by atoms with Gasteiger partial charge >= 0.3 is 6.18 Å². The summed E-state index contributed by atoms with van der Waals surface area (Å²) in [4.78, 5) is 27.0. The Bertz CT molecular complexity index is 1260. The largest absolute Gasteiger partial charge is 0.451 e. The molecule has 0 spiro atoms. The van der Waals surface area contributed by atoms with Crippen LogP contribution < -0.4 is 5.56 Å². The van der Waals surface area contributed by atoms with Gasteiger partial charge < -0.3 is 13.9 Å². The summed E-state index contributed by atoms with van der Waals surface area (Å²) in [5.41, 5.74) is 0.115. The second-order valence-electron chi connectivity index (χ2n) is 8.26. The number of carbonyl (C=O) groups excluding carboxylic acids is 1. The molecular formula is C23H18ClF3N2O3. The Balaban J connectivity index is 1.39. The number of likely N-dealkylation sites (tertiary alicyclic amines) is 1. The molecule has 2 aliphatic heterocycles. The number of benzene rings is 1. The summed E-state index contributed by atoms with van der Waals surface area (Å²) in [6.45, 7) is 1.50. The molecule has 0 saturated carbocycles. The van der Waals surface area contributed by atoms with E-state index in [0.29, 0.717) is 19.6 Å². The van der Waals surface area contributed by atoms with E-state index in [-0.39, 0.29) is 40.4 Å². The van der Waals surface area contributed by atoms with Crippen LogP contribution >= 0.6 is 11.6 Å². The van der Waals surface area contributed by atoms with Gasteiger partial charge in [-0.3, -0.25) is 9.59 Å². The van der Waals surface area contributed by atoms with Crippen molar-refractivity contribution in [1.82, 2.24) is 9.47 Å². The zero-order valence-electron chi connectivity index (χ0n) is 16.7. The zero-order chi connectivity index (χ0) is 22.6. The molecular weight excluding hydrogens is 445 g/mol. The fraction of sp³-hybridized carbons (Fsp3) is 0.304. The molecule has 3 aromatic rings. The SMILES string of the molecule is O=C(c1ccc(-c2ccc(Cl)c(C(F)(F)F)c2)o1)N1CC2CC(C1)c1cccc(=O)n1C2. The van der Waals surface area contributed by atoms with E-state index in [1.807, 2.05) is 6.07 Å². The second-order valence-corrected chi connectivity index (χ2v) is 8.67. The summed E-state index contributed by atoms with van der Waals surface area (Å²) in [6, 6.07) is 11.6.